The number of halogens is 1. The van der Waals surface area contributed by atoms with E-state index in [1.807, 2.05) is 36.4 Å². The van der Waals surface area contributed by atoms with E-state index in [1.54, 1.807) is 6.26 Å². The number of nitrogens with zero attached hydrogens (tertiary/aromatic N) is 1. The molecule has 1 heterocycles. The van der Waals surface area contributed by atoms with E-state index >= 15 is 0 Å². The number of rotatable bonds is 4. The van der Waals surface area contributed by atoms with Crippen molar-refractivity contribution in [3.8, 4) is 0 Å². The first-order valence-corrected chi connectivity index (χ1v) is 5.83. The molecule has 0 aliphatic rings. The zero-order valence-electron chi connectivity index (χ0n) is 9.27. The quantitative estimate of drug-likeness (QED) is 0.846. The number of alkyl halides is 1. The largest absolute Gasteiger partial charge is 0.445 e. The SMILES string of the molecule is NCc1ccccc1/C=C/c1nc(CCl)co1. The second kappa shape index (κ2) is 5.66. The number of hydrogen-bond donors (Lipinski definition) is 1. The third-order valence-corrected chi connectivity index (χ3v) is 2.66. The maximum Gasteiger partial charge on any atom is 0.218 e. The van der Waals surface area contributed by atoms with E-state index in [0.29, 0.717) is 18.3 Å². The molecule has 2 N–H and O–H groups in total. The fraction of sp³-hybridized carbons (Fsp3) is 0.154. The molecule has 17 heavy (non-hydrogen) atoms. The molecule has 0 atom stereocenters. The van der Waals surface area contributed by atoms with E-state index in [2.05, 4.69) is 4.98 Å². The molecule has 0 aliphatic heterocycles. The highest BCUT2D eigenvalue weighted by molar-refractivity contribution is 6.16. The van der Waals surface area contributed by atoms with Crippen LogP contribution in [0.5, 0.6) is 0 Å². The number of nitrogens with two attached hydrogens (primary N) is 1. The molecule has 88 valence electrons. The monoisotopic (exact) mass is 248 g/mol. The van der Waals surface area contributed by atoms with Crippen molar-refractivity contribution in [1.29, 1.82) is 0 Å². The molecule has 0 bridgehead atoms. The average molecular weight is 249 g/mol. The highest BCUT2D eigenvalue weighted by atomic mass is 35.5. The minimum atomic E-state index is 0.358. The minimum absolute atomic E-state index is 0.358. The summed E-state index contributed by atoms with van der Waals surface area (Å²) in [5.41, 5.74) is 8.55. The van der Waals surface area contributed by atoms with Crippen LogP contribution in [0.15, 0.2) is 34.9 Å². The lowest BCUT2D eigenvalue weighted by Gasteiger charge is -2.00. The van der Waals surface area contributed by atoms with Crippen molar-refractivity contribution < 1.29 is 4.42 Å². The van der Waals surface area contributed by atoms with Crippen molar-refractivity contribution in [2.45, 2.75) is 12.4 Å². The second-order valence-electron chi connectivity index (χ2n) is 3.55. The van der Waals surface area contributed by atoms with E-state index in [0.717, 1.165) is 16.8 Å². The average Bonchev–Trinajstić information content (AvgIpc) is 2.84. The molecule has 0 saturated heterocycles. The molecule has 4 heteroatoms. The number of aromatic nitrogens is 1. The van der Waals surface area contributed by atoms with Crippen molar-refractivity contribution >= 4 is 23.8 Å². The van der Waals surface area contributed by atoms with Crippen LogP contribution in [0.25, 0.3) is 12.2 Å². The smallest absolute Gasteiger partial charge is 0.218 e. The van der Waals surface area contributed by atoms with Gasteiger partial charge in [-0.3, -0.25) is 0 Å². The van der Waals surface area contributed by atoms with Gasteiger partial charge in [-0.1, -0.05) is 24.3 Å². The summed E-state index contributed by atoms with van der Waals surface area (Å²) in [5.74, 6) is 0.906. The van der Waals surface area contributed by atoms with Gasteiger partial charge in [-0.25, -0.2) is 4.98 Å². The highest BCUT2D eigenvalue weighted by Crippen LogP contribution is 2.13. The predicted octanol–water partition coefficient (Wildman–Crippen LogP) is 3.04. The van der Waals surface area contributed by atoms with Gasteiger partial charge in [0.25, 0.3) is 0 Å². The van der Waals surface area contributed by atoms with Gasteiger partial charge in [-0.05, 0) is 17.2 Å². The Morgan fingerprint density at radius 3 is 2.82 bits per heavy atom. The third kappa shape index (κ3) is 2.96. The first-order chi connectivity index (χ1) is 8.33. The van der Waals surface area contributed by atoms with E-state index in [4.69, 9.17) is 21.8 Å². The number of oxazole rings is 1. The Labute approximate surface area is 105 Å². The zero-order valence-corrected chi connectivity index (χ0v) is 10.0. The van der Waals surface area contributed by atoms with Crippen LogP contribution in [-0.2, 0) is 12.4 Å². The molecule has 1 aromatic heterocycles. The molecule has 0 fully saturated rings. The lowest BCUT2D eigenvalue weighted by Crippen LogP contribution is -1.98. The fourth-order valence-electron chi connectivity index (χ4n) is 1.50. The molecule has 0 saturated carbocycles. The van der Waals surface area contributed by atoms with Crippen LogP contribution in [0.1, 0.15) is 22.7 Å². The van der Waals surface area contributed by atoms with E-state index in [-0.39, 0.29) is 0 Å². The molecule has 0 amide bonds. The topological polar surface area (TPSA) is 52.0 Å². The van der Waals surface area contributed by atoms with Gasteiger partial charge in [0.05, 0.1) is 11.6 Å². The molecule has 0 radical (unpaired) electrons. The van der Waals surface area contributed by atoms with Crippen molar-refractivity contribution in [3.05, 3.63) is 53.2 Å². The van der Waals surface area contributed by atoms with Gasteiger partial charge in [0.1, 0.15) is 6.26 Å². The summed E-state index contributed by atoms with van der Waals surface area (Å²) < 4.78 is 5.24. The Morgan fingerprint density at radius 2 is 2.12 bits per heavy atom. The Hall–Kier alpha value is -1.58. The molecule has 2 aromatic rings. The van der Waals surface area contributed by atoms with E-state index in [9.17, 15) is 0 Å². The van der Waals surface area contributed by atoms with Gasteiger partial charge in [0, 0.05) is 12.6 Å². The highest BCUT2D eigenvalue weighted by Gasteiger charge is 2.00. The Morgan fingerprint density at radius 1 is 1.29 bits per heavy atom. The second-order valence-corrected chi connectivity index (χ2v) is 3.81. The molecule has 3 nitrogen and oxygen atoms in total. The lowest BCUT2D eigenvalue weighted by atomic mass is 10.1. The van der Waals surface area contributed by atoms with Crippen molar-refractivity contribution in [2.24, 2.45) is 5.73 Å². The van der Waals surface area contributed by atoms with Crippen LogP contribution >= 0.6 is 11.6 Å². The summed E-state index contributed by atoms with van der Waals surface area (Å²) in [6.45, 7) is 0.513. The normalized spacial score (nSPS) is 11.2. The van der Waals surface area contributed by atoms with Crippen molar-refractivity contribution in [2.75, 3.05) is 0 Å². The summed E-state index contributed by atoms with van der Waals surface area (Å²) in [6, 6.07) is 7.94. The Bertz CT molecular complexity index is 520. The summed E-state index contributed by atoms with van der Waals surface area (Å²) in [7, 11) is 0. The van der Waals surface area contributed by atoms with E-state index < -0.39 is 0 Å². The molecular weight excluding hydrogens is 236 g/mol. The maximum absolute atomic E-state index is 5.65. The Balaban J connectivity index is 2.19. The van der Waals surface area contributed by atoms with Gasteiger partial charge >= 0.3 is 0 Å². The van der Waals surface area contributed by atoms with Crippen LogP contribution in [0.2, 0.25) is 0 Å². The van der Waals surface area contributed by atoms with Gasteiger partial charge in [0.15, 0.2) is 0 Å². The number of hydrogen-bond acceptors (Lipinski definition) is 3. The van der Waals surface area contributed by atoms with E-state index in [1.165, 1.54) is 0 Å². The van der Waals surface area contributed by atoms with Crippen LogP contribution in [-0.4, -0.2) is 4.98 Å². The summed E-state index contributed by atoms with van der Waals surface area (Å²) in [4.78, 5) is 4.18. The van der Waals surface area contributed by atoms with Gasteiger partial charge in [-0.2, -0.15) is 0 Å². The van der Waals surface area contributed by atoms with Gasteiger partial charge < -0.3 is 10.2 Å². The van der Waals surface area contributed by atoms with Crippen LogP contribution < -0.4 is 5.73 Å². The van der Waals surface area contributed by atoms with Crippen LogP contribution in [0, 0.1) is 0 Å². The molecule has 0 aliphatic carbocycles. The molecule has 0 unspecified atom stereocenters. The molecule has 2 rings (SSSR count). The fourth-order valence-corrected chi connectivity index (χ4v) is 1.63. The van der Waals surface area contributed by atoms with Crippen LogP contribution in [0.3, 0.4) is 0 Å². The predicted molar refractivity (Wildman–Crippen MR) is 69.3 cm³/mol. The first-order valence-electron chi connectivity index (χ1n) is 5.30. The lowest BCUT2D eigenvalue weighted by molar-refractivity contribution is 0.546. The van der Waals surface area contributed by atoms with Gasteiger partial charge in [0.2, 0.25) is 5.89 Å². The number of benzene rings is 1. The van der Waals surface area contributed by atoms with Crippen molar-refractivity contribution in [1.82, 2.24) is 4.98 Å². The summed E-state index contributed by atoms with van der Waals surface area (Å²) >= 11 is 5.64. The van der Waals surface area contributed by atoms with Crippen LogP contribution in [0.4, 0.5) is 0 Å². The summed E-state index contributed by atoms with van der Waals surface area (Å²) in [5, 5.41) is 0. The maximum atomic E-state index is 5.65. The summed E-state index contributed by atoms with van der Waals surface area (Å²) in [6.07, 6.45) is 5.30. The van der Waals surface area contributed by atoms with Gasteiger partial charge in [-0.15, -0.1) is 11.6 Å². The third-order valence-electron chi connectivity index (χ3n) is 2.39. The molecule has 0 spiro atoms. The standard InChI is InChI=1S/C13H13ClN2O/c14-7-12-9-17-13(16-12)6-5-10-3-1-2-4-11(10)8-15/h1-6,9H,7-8,15H2/b6-5+. The minimum Gasteiger partial charge on any atom is -0.445 e. The Kier molecular flexibility index (Phi) is 3.96. The van der Waals surface area contributed by atoms with Crippen molar-refractivity contribution in [3.63, 3.8) is 0 Å². The first kappa shape index (κ1) is 11.9. The molecule has 1 aromatic carbocycles. The zero-order chi connectivity index (χ0) is 12.1. The molecular formula is C13H13ClN2O.